The van der Waals surface area contributed by atoms with Crippen molar-refractivity contribution < 1.29 is 4.79 Å². The summed E-state index contributed by atoms with van der Waals surface area (Å²) in [7, 11) is 0. The number of benzene rings is 2. The molecule has 3 rings (SSSR count). The summed E-state index contributed by atoms with van der Waals surface area (Å²) in [5.74, 6) is 0.360. The van der Waals surface area contributed by atoms with Crippen molar-refractivity contribution in [2.45, 2.75) is 18.8 Å². The van der Waals surface area contributed by atoms with E-state index in [2.05, 4.69) is 22.8 Å². The minimum Gasteiger partial charge on any atom is -0.322 e. The number of hydrogen-bond acceptors (Lipinski definition) is 2. The molecule has 120 valence electrons. The molecule has 1 amide bonds. The average molecular weight is 349 g/mol. The third-order valence-corrected chi connectivity index (χ3v) is 4.86. The van der Waals surface area contributed by atoms with E-state index in [4.69, 9.17) is 23.2 Å². The number of hydrogen-bond donors (Lipinski definition) is 2. The molecule has 0 radical (unpaired) electrons. The van der Waals surface area contributed by atoms with Crippen LogP contribution in [0.2, 0.25) is 10.0 Å². The molecule has 2 aromatic rings. The second-order valence-corrected chi connectivity index (χ2v) is 6.56. The summed E-state index contributed by atoms with van der Waals surface area (Å²) in [6.07, 6.45) is 2.42. The van der Waals surface area contributed by atoms with E-state index < -0.39 is 0 Å². The van der Waals surface area contributed by atoms with E-state index >= 15 is 0 Å². The smallest absolute Gasteiger partial charge is 0.255 e. The average Bonchev–Trinajstić information content (AvgIpc) is 2.59. The Kier molecular flexibility index (Phi) is 5.21. The molecule has 0 aromatic heterocycles. The molecule has 2 aromatic carbocycles. The SMILES string of the molecule is O=C(Nc1ccc([C@@H]2CCCNC2)cc1)c1ccc(Cl)c(Cl)c1. The minimum atomic E-state index is -0.198. The van der Waals surface area contributed by atoms with Gasteiger partial charge in [0.1, 0.15) is 0 Å². The van der Waals surface area contributed by atoms with Gasteiger partial charge in [0.2, 0.25) is 0 Å². The predicted molar refractivity (Wildman–Crippen MR) is 95.7 cm³/mol. The number of halogens is 2. The molecule has 0 saturated carbocycles. The lowest BCUT2D eigenvalue weighted by atomic mass is 9.91. The van der Waals surface area contributed by atoms with Crippen LogP contribution in [0, 0.1) is 0 Å². The van der Waals surface area contributed by atoms with Gasteiger partial charge in [0.15, 0.2) is 0 Å². The zero-order valence-electron chi connectivity index (χ0n) is 12.6. The fourth-order valence-electron chi connectivity index (χ4n) is 2.82. The fraction of sp³-hybridized carbons (Fsp3) is 0.278. The van der Waals surface area contributed by atoms with Gasteiger partial charge in [-0.3, -0.25) is 4.79 Å². The minimum absolute atomic E-state index is 0.198. The standard InChI is InChI=1S/C18H18Cl2N2O/c19-16-8-5-13(10-17(16)20)18(23)22-15-6-3-12(4-7-15)14-2-1-9-21-11-14/h3-8,10,14,21H,1-2,9,11H2,(H,22,23)/t14-/m1/s1. The lowest BCUT2D eigenvalue weighted by molar-refractivity contribution is 0.102. The molecule has 5 heteroatoms. The van der Waals surface area contributed by atoms with E-state index in [0.29, 0.717) is 21.5 Å². The van der Waals surface area contributed by atoms with Crippen LogP contribution in [0.3, 0.4) is 0 Å². The summed E-state index contributed by atoms with van der Waals surface area (Å²) in [5.41, 5.74) is 2.57. The topological polar surface area (TPSA) is 41.1 Å². The summed E-state index contributed by atoms with van der Waals surface area (Å²) in [5, 5.41) is 7.11. The summed E-state index contributed by atoms with van der Waals surface area (Å²) in [6, 6.07) is 12.9. The highest BCUT2D eigenvalue weighted by molar-refractivity contribution is 6.42. The summed E-state index contributed by atoms with van der Waals surface area (Å²) in [6.45, 7) is 2.13. The third kappa shape index (κ3) is 4.05. The van der Waals surface area contributed by atoms with Gasteiger partial charge in [0.25, 0.3) is 5.91 Å². The molecular weight excluding hydrogens is 331 g/mol. The molecule has 0 spiro atoms. The number of piperidine rings is 1. The molecule has 1 heterocycles. The van der Waals surface area contributed by atoms with E-state index in [0.717, 1.165) is 18.8 Å². The van der Waals surface area contributed by atoms with Crippen molar-refractivity contribution >= 4 is 34.8 Å². The van der Waals surface area contributed by atoms with E-state index in [9.17, 15) is 4.79 Å². The van der Waals surface area contributed by atoms with Gasteiger partial charge in [-0.2, -0.15) is 0 Å². The van der Waals surface area contributed by atoms with Crippen molar-refractivity contribution in [3.05, 3.63) is 63.6 Å². The Morgan fingerprint density at radius 3 is 2.52 bits per heavy atom. The quantitative estimate of drug-likeness (QED) is 0.842. The molecule has 3 nitrogen and oxygen atoms in total. The van der Waals surface area contributed by atoms with Crippen molar-refractivity contribution in [2.24, 2.45) is 0 Å². The Labute approximate surface area is 146 Å². The Bertz CT molecular complexity index is 695. The van der Waals surface area contributed by atoms with Gasteiger partial charge < -0.3 is 10.6 Å². The van der Waals surface area contributed by atoms with Crippen LogP contribution in [-0.4, -0.2) is 19.0 Å². The van der Waals surface area contributed by atoms with Crippen molar-refractivity contribution in [3.63, 3.8) is 0 Å². The first-order chi connectivity index (χ1) is 11.1. The lowest BCUT2D eigenvalue weighted by Crippen LogP contribution is -2.28. The first-order valence-corrected chi connectivity index (χ1v) is 8.46. The van der Waals surface area contributed by atoms with Gasteiger partial charge in [-0.1, -0.05) is 35.3 Å². The maximum absolute atomic E-state index is 12.2. The first kappa shape index (κ1) is 16.3. The first-order valence-electron chi connectivity index (χ1n) is 7.70. The van der Waals surface area contributed by atoms with E-state index in [1.54, 1.807) is 18.2 Å². The van der Waals surface area contributed by atoms with Crippen LogP contribution < -0.4 is 10.6 Å². The molecule has 1 aliphatic heterocycles. The molecule has 0 bridgehead atoms. The van der Waals surface area contributed by atoms with Crippen LogP contribution >= 0.6 is 23.2 Å². The van der Waals surface area contributed by atoms with Crippen molar-refractivity contribution in [1.82, 2.24) is 5.32 Å². The van der Waals surface area contributed by atoms with Crippen LogP contribution in [-0.2, 0) is 0 Å². The molecule has 23 heavy (non-hydrogen) atoms. The van der Waals surface area contributed by atoms with Crippen molar-refractivity contribution in [3.8, 4) is 0 Å². The molecule has 1 atom stereocenters. The van der Waals surface area contributed by atoms with E-state index in [-0.39, 0.29) is 5.91 Å². The third-order valence-electron chi connectivity index (χ3n) is 4.12. The summed E-state index contributed by atoms with van der Waals surface area (Å²) >= 11 is 11.8. The predicted octanol–water partition coefficient (Wildman–Crippen LogP) is 4.71. The van der Waals surface area contributed by atoms with Gasteiger partial charge in [-0.25, -0.2) is 0 Å². The van der Waals surface area contributed by atoms with E-state index in [1.165, 1.54) is 18.4 Å². The maximum Gasteiger partial charge on any atom is 0.255 e. The number of nitrogens with one attached hydrogen (secondary N) is 2. The summed E-state index contributed by atoms with van der Waals surface area (Å²) in [4.78, 5) is 12.2. The number of amides is 1. The van der Waals surface area contributed by atoms with Gasteiger partial charge in [-0.15, -0.1) is 0 Å². The molecule has 2 N–H and O–H groups in total. The number of rotatable bonds is 3. The van der Waals surface area contributed by atoms with Crippen LogP contribution in [0.4, 0.5) is 5.69 Å². The Balaban J connectivity index is 1.67. The van der Waals surface area contributed by atoms with Crippen molar-refractivity contribution in [2.75, 3.05) is 18.4 Å². The molecule has 0 unspecified atom stereocenters. The molecule has 1 fully saturated rings. The van der Waals surface area contributed by atoms with Gasteiger partial charge in [0, 0.05) is 17.8 Å². The van der Waals surface area contributed by atoms with Gasteiger partial charge >= 0.3 is 0 Å². The van der Waals surface area contributed by atoms with Gasteiger partial charge in [-0.05, 0) is 61.2 Å². The number of carbonyl (C=O) groups excluding carboxylic acids is 1. The highest BCUT2D eigenvalue weighted by Gasteiger charge is 2.15. The molecule has 1 saturated heterocycles. The highest BCUT2D eigenvalue weighted by atomic mass is 35.5. The second-order valence-electron chi connectivity index (χ2n) is 5.75. The van der Waals surface area contributed by atoms with Crippen LogP contribution in [0.25, 0.3) is 0 Å². The maximum atomic E-state index is 12.2. The largest absolute Gasteiger partial charge is 0.322 e. The van der Waals surface area contributed by atoms with Crippen LogP contribution in [0.15, 0.2) is 42.5 Å². The van der Waals surface area contributed by atoms with E-state index in [1.807, 2.05) is 12.1 Å². The van der Waals surface area contributed by atoms with Crippen LogP contribution in [0.1, 0.15) is 34.7 Å². The molecular formula is C18H18Cl2N2O. The zero-order valence-corrected chi connectivity index (χ0v) is 14.1. The van der Waals surface area contributed by atoms with Crippen LogP contribution in [0.5, 0.6) is 0 Å². The Hall–Kier alpha value is -1.55. The molecule has 0 aliphatic carbocycles. The second kappa shape index (κ2) is 7.35. The lowest BCUT2D eigenvalue weighted by Gasteiger charge is -2.23. The number of anilines is 1. The normalized spacial score (nSPS) is 17.7. The van der Waals surface area contributed by atoms with Crippen molar-refractivity contribution in [1.29, 1.82) is 0 Å². The Morgan fingerprint density at radius 2 is 1.87 bits per heavy atom. The monoisotopic (exact) mass is 348 g/mol. The number of carbonyl (C=O) groups is 1. The fourth-order valence-corrected chi connectivity index (χ4v) is 3.11. The molecule has 1 aliphatic rings. The zero-order chi connectivity index (χ0) is 16.2. The highest BCUT2D eigenvalue weighted by Crippen LogP contribution is 2.25. The summed E-state index contributed by atoms with van der Waals surface area (Å²) < 4.78 is 0. The van der Waals surface area contributed by atoms with Gasteiger partial charge in [0.05, 0.1) is 10.0 Å². The Morgan fingerprint density at radius 1 is 1.09 bits per heavy atom.